The van der Waals surface area contributed by atoms with Crippen LogP contribution in [0.5, 0.6) is 0 Å². The molecule has 0 spiro atoms. The second-order valence-corrected chi connectivity index (χ2v) is 3.62. The Kier molecular flexibility index (Phi) is 2.76. The molecule has 0 N–H and O–H groups in total. The predicted molar refractivity (Wildman–Crippen MR) is 49.9 cm³/mol. The van der Waals surface area contributed by atoms with Crippen molar-refractivity contribution in [3.63, 3.8) is 0 Å². The van der Waals surface area contributed by atoms with Gasteiger partial charge in [-0.2, -0.15) is 0 Å². The van der Waals surface area contributed by atoms with Crippen LogP contribution in [0.2, 0.25) is 0 Å². The highest BCUT2D eigenvalue weighted by Crippen LogP contribution is 2.37. The fourth-order valence-electron chi connectivity index (χ4n) is 2.10. The first-order chi connectivity index (χ1) is 5.70. The van der Waals surface area contributed by atoms with Crippen LogP contribution in [-0.4, -0.2) is 23.9 Å². The quantitative estimate of drug-likeness (QED) is 0.633. The Morgan fingerprint density at radius 1 is 1.33 bits per heavy atom. The summed E-state index contributed by atoms with van der Waals surface area (Å²) in [6, 6.07) is 0. The number of rotatable bonds is 3. The van der Waals surface area contributed by atoms with E-state index in [9.17, 15) is 4.79 Å². The van der Waals surface area contributed by atoms with Gasteiger partial charge in [-0.15, -0.1) is 0 Å². The molecule has 0 atom stereocenters. The summed E-state index contributed by atoms with van der Waals surface area (Å²) in [5.41, 5.74) is -0.00396. The fourth-order valence-corrected chi connectivity index (χ4v) is 2.10. The zero-order valence-electron chi connectivity index (χ0n) is 8.39. The topological polar surface area (TPSA) is 20.3 Å². The average molecular weight is 169 g/mol. The molecule has 1 saturated heterocycles. The van der Waals surface area contributed by atoms with Gasteiger partial charge in [0.25, 0.3) is 0 Å². The molecule has 12 heavy (non-hydrogen) atoms. The van der Waals surface area contributed by atoms with Gasteiger partial charge in [-0.05, 0) is 26.2 Å². The Bertz CT molecular complexity index is 173. The minimum atomic E-state index is -0.00396. The van der Waals surface area contributed by atoms with Gasteiger partial charge in [0.2, 0.25) is 5.91 Å². The first kappa shape index (κ1) is 9.56. The normalized spacial score (nSPS) is 21.9. The lowest BCUT2D eigenvalue weighted by Crippen LogP contribution is -2.33. The maximum atomic E-state index is 11.8. The molecule has 0 radical (unpaired) electrons. The number of amides is 1. The van der Waals surface area contributed by atoms with Gasteiger partial charge in [0.1, 0.15) is 0 Å². The minimum Gasteiger partial charge on any atom is -0.342 e. The summed E-state index contributed by atoms with van der Waals surface area (Å²) >= 11 is 0. The second-order valence-electron chi connectivity index (χ2n) is 3.62. The Balaban J connectivity index is 2.75. The van der Waals surface area contributed by atoms with Crippen molar-refractivity contribution in [2.24, 2.45) is 5.41 Å². The molecular formula is C10H19NO. The largest absolute Gasteiger partial charge is 0.342 e. The molecular weight excluding hydrogens is 150 g/mol. The van der Waals surface area contributed by atoms with E-state index in [4.69, 9.17) is 0 Å². The van der Waals surface area contributed by atoms with E-state index in [0.29, 0.717) is 5.91 Å². The van der Waals surface area contributed by atoms with E-state index < -0.39 is 0 Å². The third kappa shape index (κ3) is 1.23. The molecule has 2 nitrogen and oxygen atoms in total. The first-order valence-electron chi connectivity index (χ1n) is 4.99. The van der Waals surface area contributed by atoms with Gasteiger partial charge in [-0.25, -0.2) is 0 Å². The molecule has 0 unspecified atom stereocenters. The third-order valence-corrected chi connectivity index (χ3v) is 3.34. The van der Waals surface area contributed by atoms with Crippen molar-refractivity contribution in [3.05, 3.63) is 0 Å². The van der Waals surface area contributed by atoms with Gasteiger partial charge in [0, 0.05) is 13.1 Å². The van der Waals surface area contributed by atoms with E-state index in [2.05, 4.69) is 20.8 Å². The molecule has 0 aromatic heterocycles. The minimum absolute atomic E-state index is 0.00396. The summed E-state index contributed by atoms with van der Waals surface area (Å²) in [5, 5.41) is 0. The Morgan fingerprint density at radius 3 is 2.17 bits per heavy atom. The second kappa shape index (κ2) is 3.46. The number of carbonyl (C=O) groups is 1. The van der Waals surface area contributed by atoms with E-state index >= 15 is 0 Å². The van der Waals surface area contributed by atoms with Gasteiger partial charge in [0.15, 0.2) is 0 Å². The molecule has 0 bridgehead atoms. The molecule has 0 aromatic carbocycles. The van der Waals surface area contributed by atoms with Gasteiger partial charge in [-0.3, -0.25) is 4.79 Å². The van der Waals surface area contributed by atoms with E-state index in [1.165, 1.54) is 0 Å². The van der Waals surface area contributed by atoms with E-state index in [-0.39, 0.29) is 5.41 Å². The summed E-state index contributed by atoms with van der Waals surface area (Å²) in [4.78, 5) is 13.8. The highest BCUT2D eigenvalue weighted by atomic mass is 16.2. The molecule has 1 heterocycles. The van der Waals surface area contributed by atoms with Crippen molar-refractivity contribution >= 4 is 5.91 Å². The van der Waals surface area contributed by atoms with Crippen LogP contribution in [0.3, 0.4) is 0 Å². The lowest BCUT2D eigenvalue weighted by atomic mass is 9.81. The molecule has 1 aliphatic heterocycles. The van der Waals surface area contributed by atoms with E-state index in [1.54, 1.807) is 0 Å². The van der Waals surface area contributed by atoms with Crippen LogP contribution in [0.4, 0.5) is 0 Å². The van der Waals surface area contributed by atoms with Crippen molar-refractivity contribution in [2.45, 2.75) is 40.0 Å². The number of hydrogen-bond donors (Lipinski definition) is 0. The lowest BCUT2D eigenvalue weighted by molar-refractivity contribution is -0.136. The van der Waals surface area contributed by atoms with Crippen LogP contribution < -0.4 is 0 Å². The molecule has 1 amide bonds. The van der Waals surface area contributed by atoms with Crippen LogP contribution in [0.15, 0.2) is 0 Å². The SMILES string of the molecule is CCN1CCC(CC)(CC)C1=O. The van der Waals surface area contributed by atoms with Gasteiger partial charge in [-0.1, -0.05) is 13.8 Å². The fraction of sp³-hybridized carbons (Fsp3) is 0.900. The summed E-state index contributed by atoms with van der Waals surface area (Å²) < 4.78 is 0. The van der Waals surface area contributed by atoms with Crippen LogP contribution >= 0.6 is 0 Å². The number of likely N-dealkylation sites (tertiary alicyclic amines) is 1. The van der Waals surface area contributed by atoms with Gasteiger partial charge >= 0.3 is 0 Å². The molecule has 0 aliphatic carbocycles. The number of nitrogens with zero attached hydrogens (tertiary/aromatic N) is 1. The Morgan fingerprint density at radius 2 is 1.92 bits per heavy atom. The summed E-state index contributed by atoms with van der Waals surface area (Å²) in [6.07, 6.45) is 3.06. The summed E-state index contributed by atoms with van der Waals surface area (Å²) in [5.74, 6) is 0.384. The lowest BCUT2D eigenvalue weighted by Gasteiger charge is -2.24. The standard InChI is InChI=1S/C10H19NO/c1-4-10(5-2)7-8-11(6-3)9(10)12/h4-8H2,1-3H3. The highest BCUT2D eigenvalue weighted by Gasteiger charge is 2.42. The van der Waals surface area contributed by atoms with Crippen LogP contribution in [0, 0.1) is 5.41 Å². The first-order valence-corrected chi connectivity index (χ1v) is 4.99. The van der Waals surface area contributed by atoms with Crippen LogP contribution in [0.1, 0.15) is 40.0 Å². The van der Waals surface area contributed by atoms with Crippen LogP contribution in [0.25, 0.3) is 0 Å². The molecule has 1 aliphatic rings. The van der Waals surface area contributed by atoms with E-state index in [1.807, 2.05) is 4.90 Å². The maximum absolute atomic E-state index is 11.8. The van der Waals surface area contributed by atoms with Crippen molar-refractivity contribution < 1.29 is 4.79 Å². The molecule has 2 heteroatoms. The molecule has 0 aromatic rings. The van der Waals surface area contributed by atoms with E-state index in [0.717, 1.165) is 32.4 Å². The molecule has 1 rings (SSSR count). The molecule has 70 valence electrons. The van der Waals surface area contributed by atoms with Gasteiger partial charge in [0.05, 0.1) is 5.41 Å². The van der Waals surface area contributed by atoms with Crippen molar-refractivity contribution in [2.75, 3.05) is 13.1 Å². The summed E-state index contributed by atoms with van der Waals surface area (Å²) in [6.45, 7) is 8.15. The maximum Gasteiger partial charge on any atom is 0.228 e. The van der Waals surface area contributed by atoms with Gasteiger partial charge < -0.3 is 4.90 Å². The Hall–Kier alpha value is -0.530. The molecule has 0 saturated carbocycles. The Labute approximate surface area is 74.9 Å². The zero-order chi connectivity index (χ0) is 9.19. The van der Waals surface area contributed by atoms with Crippen molar-refractivity contribution in [1.29, 1.82) is 0 Å². The number of hydrogen-bond acceptors (Lipinski definition) is 1. The molecule has 1 fully saturated rings. The highest BCUT2D eigenvalue weighted by molar-refractivity contribution is 5.84. The van der Waals surface area contributed by atoms with Crippen molar-refractivity contribution in [3.8, 4) is 0 Å². The van der Waals surface area contributed by atoms with Crippen LogP contribution in [-0.2, 0) is 4.79 Å². The summed E-state index contributed by atoms with van der Waals surface area (Å²) in [7, 11) is 0. The van der Waals surface area contributed by atoms with Crippen molar-refractivity contribution in [1.82, 2.24) is 4.90 Å². The monoisotopic (exact) mass is 169 g/mol. The average Bonchev–Trinajstić information content (AvgIpc) is 2.43. The zero-order valence-corrected chi connectivity index (χ0v) is 8.39. The predicted octanol–water partition coefficient (Wildman–Crippen LogP) is 2.04. The smallest absolute Gasteiger partial charge is 0.228 e. The number of carbonyl (C=O) groups excluding carboxylic acids is 1. The third-order valence-electron chi connectivity index (χ3n) is 3.34.